The first-order valence-electron chi connectivity index (χ1n) is 21.4. The molecule has 2 aliphatic heterocycles. The molecule has 364 valence electrons. The standard InChI is InChI=1S/C35H68N4O11.C4F6O2/c1-3-5-6-7-8-9-10-11-12-13-14-15-16-17-24(40)39-19-23-26(41)25(38)28(43)34(48-23)49-32-20(36)18-21(37)33(31(32)46)50-35-30(45)29(44)27(42)22(4-2)47-35;5-3(6,7)1(11)2(12)4(8,9)10/h20-23,25-35,41-46H,3-19,36-38H2,1-2H3,(H,39,40);/t20-,21+,22?,23?,25+,26-,27-,28?,29?,30?,31?,32+,33?,34-,35-;/m1./s1. The van der Waals surface area contributed by atoms with E-state index in [4.69, 9.17) is 36.1 Å². The van der Waals surface area contributed by atoms with Crippen LogP contribution in [-0.2, 0) is 33.3 Å². The smallest absolute Gasteiger partial charge is 0.389 e. The van der Waals surface area contributed by atoms with Gasteiger partial charge >= 0.3 is 23.9 Å². The molecule has 0 spiro atoms. The van der Waals surface area contributed by atoms with Gasteiger partial charge < -0.3 is 72.1 Å². The maximum atomic E-state index is 12.6. The third-order valence-corrected chi connectivity index (χ3v) is 11.2. The van der Waals surface area contributed by atoms with E-state index >= 15 is 0 Å². The summed E-state index contributed by atoms with van der Waals surface area (Å²) in [7, 11) is 0. The first-order chi connectivity index (χ1) is 29.0. The summed E-state index contributed by atoms with van der Waals surface area (Å²) in [6, 6.07) is -2.84. The molecule has 23 heteroatoms. The second-order valence-electron chi connectivity index (χ2n) is 16.2. The molecule has 15 atom stereocenters. The van der Waals surface area contributed by atoms with Crippen LogP contribution >= 0.6 is 0 Å². The van der Waals surface area contributed by atoms with E-state index in [1.165, 1.54) is 64.2 Å². The van der Waals surface area contributed by atoms with E-state index in [2.05, 4.69) is 12.2 Å². The molecule has 0 aromatic heterocycles. The van der Waals surface area contributed by atoms with Gasteiger partial charge in [0.25, 0.3) is 0 Å². The number of ether oxygens (including phenoxy) is 4. The quantitative estimate of drug-likeness (QED) is 0.0412. The van der Waals surface area contributed by atoms with Gasteiger partial charge in [0.2, 0.25) is 5.91 Å². The molecule has 0 radical (unpaired) electrons. The molecule has 2 saturated heterocycles. The van der Waals surface area contributed by atoms with Crippen molar-refractivity contribution in [1.82, 2.24) is 5.32 Å². The van der Waals surface area contributed by atoms with E-state index in [0.717, 1.165) is 19.3 Å². The lowest BCUT2D eigenvalue weighted by Crippen LogP contribution is -2.68. The molecule has 3 aliphatic rings. The van der Waals surface area contributed by atoms with Crippen molar-refractivity contribution in [3.8, 4) is 0 Å². The fourth-order valence-electron chi connectivity index (χ4n) is 7.42. The third-order valence-electron chi connectivity index (χ3n) is 11.2. The average Bonchev–Trinajstić information content (AvgIpc) is 3.20. The number of rotatable bonds is 22. The summed E-state index contributed by atoms with van der Waals surface area (Å²) in [5, 5.41) is 66.5. The molecule has 17 nitrogen and oxygen atoms in total. The molecule has 1 saturated carbocycles. The zero-order valence-corrected chi connectivity index (χ0v) is 35.2. The Morgan fingerprint density at radius 3 is 1.44 bits per heavy atom. The number of ketones is 2. The summed E-state index contributed by atoms with van der Waals surface area (Å²) in [6.07, 6.45) is -10.9. The number of carbonyl (C=O) groups excluding carboxylic acids is 3. The zero-order chi connectivity index (χ0) is 46.9. The molecule has 62 heavy (non-hydrogen) atoms. The number of halogens is 6. The minimum atomic E-state index is -5.77. The van der Waals surface area contributed by atoms with Gasteiger partial charge in [0, 0.05) is 25.0 Å². The fraction of sp³-hybridized carbons (Fsp3) is 0.923. The minimum Gasteiger partial charge on any atom is -0.389 e. The molecule has 3 fully saturated rings. The monoisotopic (exact) mass is 914 g/mol. The third kappa shape index (κ3) is 17.3. The number of aliphatic hydroxyl groups excluding tert-OH is 6. The van der Waals surface area contributed by atoms with Crippen LogP contribution in [0, 0.1) is 0 Å². The van der Waals surface area contributed by atoms with E-state index < -0.39 is 116 Å². The number of nitrogens with one attached hydrogen (secondary N) is 1. The molecule has 1 amide bonds. The van der Waals surface area contributed by atoms with E-state index in [1.54, 1.807) is 6.92 Å². The van der Waals surface area contributed by atoms with Gasteiger partial charge in [-0.3, -0.25) is 14.4 Å². The number of carbonyl (C=O) groups is 3. The Morgan fingerprint density at radius 2 is 1.00 bits per heavy atom. The molecule has 2 heterocycles. The van der Waals surface area contributed by atoms with Crippen LogP contribution in [0.25, 0.3) is 0 Å². The van der Waals surface area contributed by atoms with Gasteiger partial charge in [0.1, 0.15) is 48.8 Å². The normalized spacial score (nSPS) is 34.2. The lowest BCUT2D eigenvalue weighted by molar-refractivity contribution is -0.332. The number of alkyl halides is 6. The summed E-state index contributed by atoms with van der Waals surface area (Å²) in [4.78, 5) is 31.8. The Hall–Kier alpha value is -2.13. The summed E-state index contributed by atoms with van der Waals surface area (Å²) in [5.41, 5.74) is 18.7. The van der Waals surface area contributed by atoms with Crippen LogP contribution in [0.1, 0.15) is 117 Å². The maximum Gasteiger partial charge on any atom is 0.458 e. The Labute approximate surface area is 357 Å². The van der Waals surface area contributed by atoms with Crippen LogP contribution in [0.3, 0.4) is 0 Å². The van der Waals surface area contributed by atoms with Crippen LogP contribution in [-0.4, -0.2) is 159 Å². The van der Waals surface area contributed by atoms with Crippen molar-refractivity contribution >= 4 is 17.5 Å². The molecule has 3 rings (SSSR count). The molecule has 13 N–H and O–H groups in total. The van der Waals surface area contributed by atoms with E-state index in [0.29, 0.717) is 12.8 Å². The molecule has 0 aromatic rings. The molecular weight excluding hydrogens is 846 g/mol. The fourth-order valence-corrected chi connectivity index (χ4v) is 7.42. The number of hydrogen-bond acceptors (Lipinski definition) is 16. The van der Waals surface area contributed by atoms with E-state index in [-0.39, 0.29) is 18.9 Å². The maximum absolute atomic E-state index is 12.6. The summed E-state index contributed by atoms with van der Waals surface area (Å²) in [5.74, 6) is -7.00. The summed E-state index contributed by atoms with van der Waals surface area (Å²) in [6.45, 7) is 3.90. The molecule has 0 aromatic carbocycles. The van der Waals surface area contributed by atoms with Gasteiger partial charge in [-0.1, -0.05) is 90.9 Å². The van der Waals surface area contributed by atoms with Crippen molar-refractivity contribution in [2.75, 3.05) is 6.54 Å². The van der Waals surface area contributed by atoms with Crippen molar-refractivity contribution in [2.45, 2.75) is 221 Å². The average molecular weight is 915 g/mol. The highest BCUT2D eigenvalue weighted by Crippen LogP contribution is 2.32. The van der Waals surface area contributed by atoms with Crippen LogP contribution in [0.2, 0.25) is 0 Å². The Bertz CT molecular complexity index is 1310. The van der Waals surface area contributed by atoms with Crippen molar-refractivity contribution in [2.24, 2.45) is 17.2 Å². The van der Waals surface area contributed by atoms with Gasteiger partial charge in [-0.15, -0.1) is 0 Å². The molecule has 0 bridgehead atoms. The number of hydrogen-bond donors (Lipinski definition) is 10. The lowest BCUT2D eigenvalue weighted by Gasteiger charge is -2.48. The number of amides is 1. The van der Waals surface area contributed by atoms with Crippen LogP contribution in [0.15, 0.2) is 0 Å². The minimum absolute atomic E-state index is 0.0711. The SMILES string of the molecule is CCCCCCCCCCCCCCCC(=O)NCC1O[C@H](O[C@@H]2C(O)C(O[C@H]3OC(CC)[C@@H](O)C(O)C3O)[C@@H](N)C[C@H]2N)C(O)[C@@H](N)[C@@H]1O.O=C(C(=O)C(F)(F)F)C(F)(F)F. The number of Topliss-reactive ketones (excluding diaryl/α,β-unsaturated/α-hetero) is 2. The Balaban J connectivity index is 0.000000956. The highest BCUT2D eigenvalue weighted by Gasteiger charge is 2.55. The van der Waals surface area contributed by atoms with Crippen molar-refractivity contribution in [1.29, 1.82) is 0 Å². The first-order valence-corrected chi connectivity index (χ1v) is 21.4. The lowest BCUT2D eigenvalue weighted by atomic mass is 9.84. The van der Waals surface area contributed by atoms with Crippen LogP contribution in [0.5, 0.6) is 0 Å². The van der Waals surface area contributed by atoms with Crippen molar-refractivity contribution in [3.63, 3.8) is 0 Å². The number of unbranched alkanes of at least 4 members (excludes halogenated alkanes) is 12. The van der Waals surface area contributed by atoms with Crippen LogP contribution in [0.4, 0.5) is 26.3 Å². The van der Waals surface area contributed by atoms with E-state index in [1.807, 2.05) is 0 Å². The summed E-state index contributed by atoms with van der Waals surface area (Å²) < 4.78 is 90.3. The molecule has 1 aliphatic carbocycles. The molecular formula is C39H68F6N4O13. The van der Waals surface area contributed by atoms with Gasteiger partial charge in [0.05, 0.1) is 18.2 Å². The topological polar surface area (TPSA) is 300 Å². The van der Waals surface area contributed by atoms with Gasteiger partial charge in [-0.2, -0.15) is 26.3 Å². The second-order valence-corrected chi connectivity index (χ2v) is 16.2. The predicted molar refractivity (Wildman–Crippen MR) is 207 cm³/mol. The predicted octanol–water partition coefficient (Wildman–Crippen LogP) is 1.01. The van der Waals surface area contributed by atoms with Gasteiger partial charge in [0.15, 0.2) is 12.6 Å². The number of nitrogens with two attached hydrogens (primary N) is 3. The first kappa shape index (κ1) is 56.0. The second kappa shape index (κ2) is 26.7. The zero-order valence-electron chi connectivity index (χ0n) is 35.2. The largest absolute Gasteiger partial charge is 0.458 e. The highest BCUT2D eigenvalue weighted by atomic mass is 19.4. The van der Waals surface area contributed by atoms with E-state index in [9.17, 15) is 71.4 Å². The Morgan fingerprint density at radius 1 is 0.581 bits per heavy atom. The highest BCUT2D eigenvalue weighted by molar-refractivity contribution is 6.41. The van der Waals surface area contributed by atoms with Crippen molar-refractivity contribution in [3.05, 3.63) is 0 Å². The Kier molecular flexibility index (Phi) is 24.1. The van der Waals surface area contributed by atoms with Gasteiger partial charge in [-0.25, -0.2) is 0 Å². The number of aliphatic hydroxyl groups is 6. The molecule has 7 unspecified atom stereocenters. The van der Waals surface area contributed by atoms with Gasteiger partial charge in [-0.05, 0) is 19.3 Å². The van der Waals surface area contributed by atoms with Crippen LogP contribution < -0.4 is 22.5 Å². The van der Waals surface area contributed by atoms with Crippen molar-refractivity contribution < 1.29 is 90.3 Å². The summed E-state index contributed by atoms with van der Waals surface area (Å²) >= 11 is 0.